The van der Waals surface area contributed by atoms with Gasteiger partial charge in [-0.25, -0.2) is 13.4 Å². The number of sulfone groups is 1. The van der Waals surface area contributed by atoms with Crippen molar-refractivity contribution < 1.29 is 17.7 Å². The molecule has 0 radical (unpaired) electrons. The Morgan fingerprint density at radius 2 is 1.65 bits per heavy atom. The van der Waals surface area contributed by atoms with Gasteiger partial charge >= 0.3 is 7.12 Å². The van der Waals surface area contributed by atoms with Crippen LogP contribution in [0.1, 0.15) is 33.3 Å². The minimum absolute atomic E-state index is 0.0651. The molecule has 0 aromatic carbocycles. The van der Waals surface area contributed by atoms with Crippen molar-refractivity contribution in [2.45, 2.75) is 50.8 Å². The molecule has 0 bridgehead atoms. The summed E-state index contributed by atoms with van der Waals surface area (Å²) in [6, 6.07) is 1.55. The Morgan fingerprint density at radius 3 is 2.05 bits per heavy atom. The molecule has 7 heteroatoms. The van der Waals surface area contributed by atoms with Crippen LogP contribution in [0, 0.1) is 6.92 Å². The Labute approximate surface area is 120 Å². The fourth-order valence-corrected chi connectivity index (χ4v) is 2.60. The van der Waals surface area contributed by atoms with Crippen LogP contribution in [0.15, 0.2) is 17.3 Å². The lowest BCUT2D eigenvalue weighted by molar-refractivity contribution is 0.00578. The van der Waals surface area contributed by atoms with E-state index < -0.39 is 28.2 Å². The van der Waals surface area contributed by atoms with Crippen LogP contribution < -0.4 is 5.46 Å². The van der Waals surface area contributed by atoms with Gasteiger partial charge in [0.05, 0.1) is 11.2 Å². The fraction of sp³-hybridized carbons (Fsp3) is 0.615. The van der Waals surface area contributed by atoms with Crippen LogP contribution in [0.5, 0.6) is 0 Å². The number of hydrogen-bond acceptors (Lipinski definition) is 5. The normalized spacial score (nSPS) is 21.2. The van der Waals surface area contributed by atoms with E-state index in [-0.39, 0.29) is 5.03 Å². The molecule has 1 aromatic rings. The SMILES string of the molecule is Cc1cc(S(C)(=O)=O)ncc1B1OC(C)(C)C(C)(C)O1. The Hall–Kier alpha value is -0.915. The van der Waals surface area contributed by atoms with Gasteiger partial charge in [-0.1, -0.05) is 0 Å². The Kier molecular flexibility index (Phi) is 3.52. The Morgan fingerprint density at radius 1 is 1.15 bits per heavy atom. The molecule has 1 aliphatic rings. The highest BCUT2D eigenvalue weighted by Gasteiger charge is 2.52. The van der Waals surface area contributed by atoms with Gasteiger partial charge in [-0.05, 0) is 46.2 Å². The van der Waals surface area contributed by atoms with Gasteiger partial charge in [0.15, 0.2) is 14.9 Å². The Bertz CT molecular complexity index is 624. The molecule has 5 nitrogen and oxygen atoms in total. The molecule has 0 atom stereocenters. The molecule has 0 unspecified atom stereocenters. The van der Waals surface area contributed by atoms with E-state index in [0.717, 1.165) is 17.3 Å². The van der Waals surface area contributed by atoms with Crippen LogP contribution >= 0.6 is 0 Å². The predicted molar refractivity (Wildman–Crippen MR) is 77.8 cm³/mol. The molecule has 0 amide bonds. The van der Waals surface area contributed by atoms with Gasteiger partial charge < -0.3 is 9.31 Å². The van der Waals surface area contributed by atoms with E-state index in [0.29, 0.717) is 0 Å². The zero-order valence-electron chi connectivity index (χ0n) is 12.7. The lowest BCUT2D eigenvalue weighted by atomic mass is 9.77. The first-order valence-corrected chi connectivity index (χ1v) is 8.35. The quantitative estimate of drug-likeness (QED) is 0.765. The van der Waals surface area contributed by atoms with E-state index in [4.69, 9.17) is 9.31 Å². The van der Waals surface area contributed by atoms with Crippen molar-refractivity contribution >= 4 is 22.4 Å². The van der Waals surface area contributed by atoms with Crippen LogP contribution in [0.2, 0.25) is 0 Å². The summed E-state index contributed by atoms with van der Waals surface area (Å²) in [6.07, 6.45) is 2.66. The van der Waals surface area contributed by atoms with E-state index in [1.807, 2.05) is 34.6 Å². The summed E-state index contributed by atoms with van der Waals surface area (Å²) in [6.45, 7) is 9.72. The second kappa shape index (κ2) is 4.54. The number of nitrogens with zero attached hydrogens (tertiary/aromatic N) is 1. The van der Waals surface area contributed by atoms with Crippen molar-refractivity contribution in [3.8, 4) is 0 Å². The zero-order valence-corrected chi connectivity index (χ0v) is 13.5. The highest BCUT2D eigenvalue weighted by molar-refractivity contribution is 7.90. The molecule has 0 spiro atoms. The summed E-state index contributed by atoms with van der Waals surface area (Å²) in [5.41, 5.74) is 0.689. The monoisotopic (exact) mass is 297 g/mol. The average Bonchev–Trinajstić information content (AvgIpc) is 2.46. The van der Waals surface area contributed by atoms with Crippen LogP contribution in [-0.2, 0) is 19.1 Å². The number of rotatable bonds is 2. The van der Waals surface area contributed by atoms with E-state index in [1.54, 1.807) is 6.07 Å². The third-order valence-electron chi connectivity index (χ3n) is 4.01. The van der Waals surface area contributed by atoms with Crippen molar-refractivity contribution in [1.29, 1.82) is 0 Å². The standard InChI is InChI=1S/C13H20BNO4S/c1-9-7-11(20(6,16)17)15-8-10(9)14-18-12(2,3)13(4,5)19-14/h7-8H,1-6H3. The smallest absolute Gasteiger partial charge is 0.399 e. The summed E-state index contributed by atoms with van der Waals surface area (Å²) in [5.74, 6) is 0. The predicted octanol–water partition coefficient (Wildman–Crippen LogP) is 1.09. The maximum absolute atomic E-state index is 11.5. The zero-order chi connectivity index (χ0) is 15.3. The van der Waals surface area contributed by atoms with Crippen LogP contribution in [0.4, 0.5) is 0 Å². The number of aromatic nitrogens is 1. The minimum atomic E-state index is -3.30. The van der Waals surface area contributed by atoms with Crippen molar-refractivity contribution in [1.82, 2.24) is 4.98 Å². The molecule has 2 rings (SSSR count). The van der Waals surface area contributed by atoms with Gasteiger partial charge in [0.2, 0.25) is 0 Å². The Balaban J connectivity index is 2.37. The molecule has 1 aromatic heterocycles. The summed E-state index contributed by atoms with van der Waals surface area (Å²) < 4.78 is 34.9. The lowest BCUT2D eigenvalue weighted by Gasteiger charge is -2.32. The van der Waals surface area contributed by atoms with Gasteiger partial charge in [-0.3, -0.25) is 0 Å². The van der Waals surface area contributed by atoms with Gasteiger partial charge in [0, 0.05) is 17.9 Å². The van der Waals surface area contributed by atoms with E-state index in [2.05, 4.69) is 4.98 Å². The van der Waals surface area contributed by atoms with Crippen LogP contribution in [0.25, 0.3) is 0 Å². The second-order valence-corrected chi connectivity index (χ2v) is 8.20. The number of aryl methyl sites for hydroxylation is 1. The van der Waals surface area contributed by atoms with Crippen molar-refractivity contribution in [2.75, 3.05) is 6.26 Å². The average molecular weight is 297 g/mol. The molecular formula is C13H20BNO4S. The molecule has 1 fully saturated rings. The summed E-state index contributed by atoms with van der Waals surface area (Å²) in [5, 5.41) is 0.0651. The van der Waals surface area contributed by atoms with Gasteiger partial charge in [-0.15, -0.1) is 0 Å². The topological polar surface area (TPSA) is 65.5 Å². The van der Waals surface area contributed by atoms with E-state index in [9.17, 15) is 8.42 Å². The fourth-order valence-electron chi connectivity index (χ4n) is 1.96. The number of pyridine rings is 1. The van der Waals surface area contributed by atoms with Crippen molar-refractivity contribution in [2.24, 2.45) is 0 Å². The second-order valence-electron chi connectivity index (χ2n) is 6.24. The maximum Gasteiger partial charge on any atom is 0.496 e. The first-order chi connectivity index (χ1) is 8.94. The molecule has 0 N–H and O–H groups in total. The van der Waals surface area contributed by atoms with Gasteiger partial charge in [0.1, 0.15) is 0 Å². The first kappa shape index (κ1) is 15.5. The molecule has 0 saturated carbocycles. The molecular weight excluding hydrogens is 277 g/mol. The van der Waals surface area contributed by atoms with E-state index in [1.165, 1.54) is 6.20 Å². The summed E-state index contributed by atoms with van der Waals surface area (Å²) in [7, 11) is -3.83. The van der Waals surface area contributed by atoms with Crippen LogP contribution in [-0.4, -0.2) is 38.0 Å². The highest BCUT2D eigenvalue weighted by Crippen LogP contribution is 2.36. The maximum atomic E-state index is 11.5. The molecule has 1 saturated heterocycles. The molecule has 20 heavy (non-hydrogen) atoms. The molecule has 2 heterocycles. The van der Waals surface area contributed by atoms with Crippen molar-refractivity contribution in [3.05, 3.63) is 17.8 Å². The van der Waals surface area contributed by atoms with Crippen molar-refractivity contribution in [3.63, 3.8) is 0 Å². The molecule has 0 aliphatic carbocycles. The summed E-state index contributed by atoms with van der Waals surface area (Å²) in [4.78, 5) is 4.00. The van der Waals surface area contributed by atoms with E-state index >= 15 is 0 Å². The third kappa shape index (κ3) is 2.62. The highest BCUT2D eigenvalue weighted by atomic mass is 32.2. The lowest BCUT2D eigenvalue weighted by Crippen LogP contribution is -2.41. The van der Waals surface area contributed by atoms with Gasteiger partial charge in [-0.2, -0.15) is 0 Å². The minimum Gasteiger partial charge on any atom is -0.399 e. The first-order valence-electron chi connectivity index (χ1n) is 6.46. The molecule has 110 valence electrons. The third-order valence-corrected chi connectivity index (χ3v) is 5.00. The molecule has 1 aliphatic heterocycles. The largest absolute Gasteiger partial charge is 0.496 e. The van der Waals surface area contributed by atoms with Crippen LogP contribution in [0.3, 0.4) is 0 Å². The number of hydrogen-bond donors (Lipinski definition) is 0. The van der Waals surface area contributed by atoms with Gasteiger partial charge in [0.25, 0.3) is 0 Å². The summed E-state index contributed by atoms with van der Waals surface area (Å²) >= 11 is 0.